The molecule has 2 aromatic carbocycles. The molecule has 0 amide bonds. The van der Waals surface area contributed by atoms with E-state index >= 15 is 0 Å². The predicted octanol–water partition coefficient (Wildman–Crippen LogP) is 3.90. The van der Waals surface area contributed by atoms with E-state index in [1.54, 1.807) is 11.3 Å². The molecule has 0 aliphatic heterocycles. The smallest absolute Gasteiger partial charge is 0.185 e. The van der Waals surface area contributed by atoms with E-state index in [-0.39, 0.29) is 0 Å². The van der Waals surface area contributed by atoms with Gasteiger partial charge in [0.2, 0.25) is 11.0 Å². The largest absolute Gasteiger partial charge is 0.226 e. The second-order valence-electron chi connectivity index (χ2n) is 4.16. The number of aromatic nitrogens is 1. The van der Waals surface area contributed by atoms with Crippen LogP contribution in [0.15, 0.2) is 66.2 Å². The Labute approximate surface area is 111 Å². The molecule has 1 aromatic heterocycles. The van der Waals surface area contributed by atoms with Crippen molar-refractivity contribution in [3.05, 3.63) is 71.7 Å². The van der Waals surface area contributed by atoms with Crippen LogP contribution in [0.4, 0.5) is 0 Å². The van der Waals surface area contributed by atoms with Crippen LogP contribution in [0.25, 0.3) is 16.3 Å². The number of hydrogen-bond acceptors (Lipinski definition) is 1. The van der Waals surface area contributed by atoms with Crippen LogP contribution < -0.4 is 4.57 Å². The summed E-state index contributed by atoms with van der Waals surface area (Å²) in [5.41, 5.74) is 4.73. The third-order valence-corrected chi connectivity index (χ3v) is 3.85. The van der Waals surface area contributed by atoms with Gasteiger partial charge in [0.1, 0.15) is 4.70 Å². The predicted molar refractivity (Wildman–Crippen MR) is 77.5 cm³/mol. The third kappa shape index (κ3) is 2.34. The van der Waals surface area contributed by atoms with E-state index in [4.69, 9.17) is 0 Å². The van der Waals surface area contributed by atoms with Crippen LogP contribution in [0.3, 0.4) is 0 Å². The van der Waals surface area contributed by atoms with Crippen LogP contribution in [0.2, 0.25) is 0 Å². The normalized spacial score (nSPS) is 11.3. The lowest BCUT2D eigenvalue weighted by Crippen LogP contribution is -2.30. The lowest BCUT2D eigenvalue weighted by Gasteiger charge is -1.91. The van der Waals surface area contributed by atoms with Gasteiger partial charge in [-0.05, 0) is 17.7 Å². The highest BCUT2D eigenvalue weighted by Crippen LogP contribution is 2.14. The molecule has 0 unspecified atom stereocenters. The van der Waals surface area contributed by atoms with Crippen molar-refractivity contribution in [2.75, 3.05) is 0 Å². The molecular weight excluding hydrogens is 238 g/mol. The van der Waals surface area contributed by atoms with E-state index in [1.165, 1.54) is 15.8 Å². The van der Waals surface area contributed by atoms with Crippen LogP contribution in [0.5, 0.6) is 0 Å². The van der Waals surface area contributed by atoms with Gasteiger partial charge in [-0.15, -0.1) is 0 Å². The number of nitrogens with zero attached hydrogens (tertiary/aromatic N) is 1. The maximum Gasteiger partial charge on any atom is 0.226 e. The van der Waals surface area contributed by atoms with Crippen LogP contribution in [-0.2, 0) is 6.54 Å². The first-order valence-electron chi connectivity index (χ1n) is 6.01. The molecule has 1 nitrogen and oxygen atoms in total. The molecule has 18 heavy (non-hydrogen) atoms. The van der Waals surface area contributed by atoms with Crippen molar-refractivity contribution in [1.29, 1.82) is 0 Å². The maximum absolute atomic E-state index is 2.28. The Kier molecular flexibility index (Phi) is 3.20. The Morgan fingerprint density at radius 2 is 1.72 bits per heavy atom. The average molecular weight is 252 g/mol. The van der Waals surface area contributed by atoms with Gasteiger partial charge < -0.3 is 0 Å². The summed E-state index contributed by atoms with van der Waals surface area (Å²) >= 11 is 1.79. The quantitative estimate of drug-likeness (QED) is 0.622. The van der Waals surface area contributed by atoms with E-state index in [9.17, 15) is 0 Å². The Morgan fingerprint density at radius 1 is 0.944 bits per heavy atom. The van der Waals surface area contributed by atoms with Gasteiger partial charge >= 0.3 is 0 Å². The second kappa shape index (κ2) is 5.15. The molecule has 3 aromatic rings. The third-order valence-electron chi connectivity index (χ3n) is 2.89. The summed E-state index contributed by atoms with van der Waals surface area (Å²) < 4.78 is 3.62. The molecule has 0 bridgehead atoms. The van der Waals surface area contributed by atoms with Gasteiger partial charge in [0.15, 0.2) is 6.54 Å². The van der Waals surface area contributed by atoms with Gasteiger partial charge in [-0.1, -0.05) is 59.9 Å². The average Bonchev–Trinajstić information content (AvgIpc) is 2.84. The highest BCUT2D eigenvalue weighted by Gasteiger charge is 2.08. The lowest BCUT2D eigenvalue weighted by atomic mass is 10.2. The number of allylic oxidation sites excluding steroid dienone is 1. The zero-order valence-electron chi connectivity index (χ0n) is 9.99. The molecule has 0 N–H and O–H groups in total. The fourth-order valence-corrected chi connectivity index (χ4v) is 2.88. The van der Waals surface area contributed by atoms with Crippen molar-refractivity contribution < 1.29 is 4.57 Å². The van der Waals surface area contributed by atoms with Crippen LogP contribution in [-0.4, -0.2) is 0 Å². The minimum Gasteiger partial charge on any atom is -0.185 e. The molecule has 1 heterocycles. The summed E-state index contributed by atoms with van der Waals surface area (Å²) in [6, 6.07) is 18.9. The number of rotatable bonds is 3. The highest BCUT2D eigenvalue weighted by atomic mass is 32.1. The maximum atomic E-state index is 2.28. The fourth-order valence-electron chi connectivity index (χ4n) is 1.98. The Balaban J connectivity index is 1.79. The molecule has 0 saturated carbocycles. The van der Waals surface area contributed by atoms with Crippen molar-refractivity contribution in [2.45, 2.75) is 6.54 Å². The molecule has 88 valence electrons. The molecular formula is C16H14NS+. The monoisotopic (exact) mass is 252 g/mol. The van der Waals surface area contributed by atoms with Gasteiger partial charge in [0.05, 0.1) is 0 Å². The second-order valence-corrected chi connectivity index (χ2v) is 5.04. The van der Waals surface area contributed by atoms with Gasteiger partial charge in [-0.3, -0.25) is 0 Å². The molecule has 2 heteroatoms. The molecule has 0 spiro atoms. The van der Waals surface area contributed by atoms with Crippen LogP contribution in [0, 0.1) is 0 Å². The number of fused-ring (bicyclic) bond motifs is 1. The fraction of sp³-hybridized carbons (Fsp3) is 0.0625. The topological polar surface area (TPSA) is 3.88 Å². The molecule has 0 fully saturated rings. The van der Waals surface area contributed by atoms with E-state index in [2.05, 4.69) is 70.8 Å². The van der Waals surface area contributed by atoms with Crippen molar-refractivity contribution >= 4 is 27.6 Å². The number of benzene rings is 2. The summed E-state index contributed by atoms with van der Waals surface area (Å²) in [5, 5.41) is 0. The molecule has 0 aliphatic carbocycles. The molecule has 0 atom stereocenters. The summed E-state index contributed by atoms with van der Waals surface area (Å²) in [6.45, 7) is 0.916. The SMILES string of the molecule is C(=C\c1ccccc1)/C[n+]1csc2ccccc21. The lowest BCUT2D eigenvalue weighted by molar-refractivity contribution is -0.656. The van der Waals surface area contributed by atoms with Gasteiger partial charge in [-0.25, -0.2) is 0 Å². The van der Waals surface area contributed by atoms with Crippen molar-refractivity contribution in [2.24, 2.45) is 0 Å². The number of hydrogen-bond donors (Lipinski definition) is 0. The number of para-hydroxylation sites is 1. The zero-order chi connectivity index (χ0) is 12.2. The van der Waals surface area contributed by atoms with E-state index in [0.29, 0.717) is 0 Å². The first kappa shape index (κ1) is 11.2. The summed E-state index contributed by atoms with van der Waals surface area (Å²) in [5.74, 6) is 0. The van der Waals surface area contributed by atoms with E-state index in [1.807, 2.05) is 6.07 Å². The van der Waals surface area contributed by atoms with Crippen LogP contribution >= 0.6 is 11.3 Å². The van der Waals surface area contributed by atoms with Crippen LogP contribution in [0.1, 0.15) is 5.56 Å². The zero-order valence-corrected chi connectivity index (χ0v) is 10.8. The summed E-state index contributed by atoms with van der Waals surface area (Å²) in [6.07, 6.45) is 4.37. The Hall–Kier alpha value is -1.93. The minimum absolute atomic E-state index is 0.916. The van der Waals surface area contributed by atoms with E-state index < -0.39 is 0 Å². The Bertz CT molecular complexity index is 668. The summed E-state index contributed by atoms with van der Waals surface area (Å²) in [7, 11) is 0. The van der Waals surface area contributed by atoms with E-state index in [0.717, 1.165) is 6.54 Å². The Morgan fingerprint density at radius 3 is 2.61 bits per heavy atom. The minimum atomic E-state index is 0.916. The standard InChI is InChI=1S/C16H14NS/c1-2-7-14(8-3-1)9-6-12-17-13-18-16-11-5-4-10-15(16)17/h1-11,13H,12H2/q+1/b9-6+. The molecule has 0 aliphatic rings. The highest BCUT2D eigenvalue weighted by molar-refractivity contribution is 7.16. The first-order chi connectivity index (χ1) is 8.93. The van der Waals surface area contributed by atoms with Crippen molar-refractivity contribution in [1.82, 2.24) is 0 Å². The molecule has 0 saturated heterocycles. The molecule has 0 radical (unpaired) electrons. The van der Waals surface area contributed by atoms with Crippen molar-refractivity contribution in [3.63, 3.8) is 0 Å². The number of thiazole rings is 1. The first-order valence-corrected chi connectivity index (χ1v) is 6.89. The van der Waals surface area contributed by atoms with Crippen molar-refractivity contribution in [3.8, 4) is 0 Å². The molecule has 3 rings (SSSR count). The summed E-state index contributed by atoms with van der Waals surface area (Å²) in [4.78, 5) is 0. The van der Waals surface area contributed by atoms with Gasteiger partial charge in [0, 0.05) is 6.07 Å². The van der Waals surface area contributed by atoms with Gasteiger partial charge in [0.25, 0.3) is 0 Å². The van der Waals surface area contributed by atoms with Gasteiger partial charge in [-0.2, -0.15) is 4.57 Å².